The Bertz CT molecular complexity index is 579. The van der Waals surface area contributed by atoms with Gasteiger partial charge in [0.25, 0.3) is 5.91 Å². The van der Waals surface area contributed by atoms with E-state index in [0.717, 1.165) is 10.2 Å². The third-order valence-electron chi connectivity index (χ3n) is 3.30. The van der Waals surface area contributed by atoms with E-state index in [1.807, 2.05) is 6.07 Å². The number of hydrogen-bond donors (Lipinski definition) is 1. The molecule has 2 rings (SSSR count). The van der Waals surface area contributed by atoms with Gasteiger partial charge in [0.05, 0.1) is 12.2 Å². The van der Waals surface area contributed by atoms with Gasteiger partial charge in [-0.05, 0) is 35.0 Å². The van der Waals surface area contributed by atoms with Crippen LogP contribution in [0.5, 0.6) is 0 Å². The van der Waals surface area contributed by atoms with Crippen LogP contribution in [0.4, 0.5) is 4.79 Å². The van der Waals surface area contributed by atoms with E-state index in [-0.39, 0.29) is 12.0 Å². The highest BCUT2D eigenvalue weighted by Gasteiger charge is 2.20. The van der Waals surface area contributed by atoms with Gasteiger partial charge in [0.15, 0.2) is 0 Å². The third kappa shape index (κ3) is 4.30. The zero-order valence-electron chi connectivity index (χ0n) is 12.3. The lowest BCUT2D eigenvalue weighted by Crippen LogP contribution is -2.39. The number of rotatable bonds is 3. The molecule has 1 heterocycles. The first kappa shape index (κ1) is 16.5. The van der Waals surface area contributed by atoms with Crippen LogP contribution in [0.2, 0.25) is 0 Å². The van der Waals surface area contributed by atoms with Crippen molar-refractivity contribution in [2.24, 2.45) is 5.10 Å². The molecule has 6 nitrogen and oxygen atoms in total. The van der Waals surface area contributed by atoms with E-state index in [1.165, 1.54) is 0 Å². The maximum Gasteiger partial charge on any atom is 0.409 e. The molecule has 1 saturated heterocycles. The number of likely N-dealkylation sites (tertiary alicyclic amines) is 1. The minimum absolute atomic E-state index is 0.257. The summed E-state index contributed by atoms with van der Waals surface area (Å²) in [4.78, 5) is 25.3. The van der Waals surface area contributed by atoms with Crippen molar-refractivity contribution in [1.82, 2.24) is 10.3 Å². The molecular formula is C15H18BrN3O3. The fourth-order valence-electron chi connectivity index (χ4n) is 2.11. The Labute approximate surface area is 137 Å². The largest absolute Gasteiger partial charge is 0.450 e. The lowest BCUT2D eigenvalue weighted by Gasteiger charge is -2.26. The van der Waals surface area contributed by atoms with E-state index in [0.29, 0.717) is 38.1 Å². The second-order valence-corrected chi connectivity index (χ2v) is 5.64. The van der Waals surface area contributed by atoms with Gasteiger partial charge in [-0.2, -0.15) is 5.10 Å². The lowest BCUT2D eigenvalue weighted by atomic mass is 10.1. The minimum atomic E-state index is -0.293. The Morgan fingerprint density at radius 1 is 1.32 bits per heavy atom. The zero-order valence-corrected chi connectivity index (χ0v) is 13.9. The van der Waals surface area contributed by atoms with Crippen LogP contribution in [0.1, 0.15) is 30.1 Å². The highest BCUT2D eigenvalue weighted by Crippen LogP contribution is 2.15. The zero-order chi connectivity index (χ0) is 15.9. The average molecular weight is 368 g/mol. The van der Waals surface area contributed by atoms with Crippen LogP contribution in [-0.4, -0.2) is 42.3 Å². The van der Waals surface area contributed by atoms with E-state index >= 15 is 0 Å². The number of benzene rings is 1. The van der Waals surface area contributed by atoms with Gasteiger partial charge >= 0.3 is 6.09 Å². The summed E-state index contributed by atoms with van der Waals surface area (Å²) in [5, 5.41) is 4.16. The molecule has 118 valence electrons. The van der Waals surface area contributed by atoms with Crippen LogP contribution in [0.15, 0.2) is 33.8 Å². The van der Waals surface area contributed by atoms with Gasteiger partial charge in [0.2, 0.25) is 0 Å². The fraction of sp³-hybridized carbons (Fsp3) is 0.400. The molecule has 1 aliphatic rings. The van der Waals surface area contributed by atoms with Crippen LogP contribution in [0.3, 0.4) is 0 Å². The maximum atomic E-state index is 12.0. The molecule has 0 aromatic heterocycles. The van der Waals surface area contributed by atoms with Gasteiger partial charge in [-0.25, -0.2) is 10.2 Å². The molecule has 0 unspecified atom stereocenters. The van der Waals surface area contributed by atoms with E-state index in [2.05, 4.69) is 26.5 Å². The van der Waals surface area contributed by atoms with Gasteiger partial charge in [-0.3, -0.25) is 4.79 Å². The topological polar surface area (TPSA) is 71.0 Å². The number of ether oxygens (including phenoxy) is 1. The Kier molecular flexibility index (Phi) is 5.94. The highest BCUT2D eigenvalue weighted by molar-refractivity contribution is 9.10. The molecule has 7 heteroatoms. The van der Waals surface area contributed by atoms with E-state index in [1.54, 1.807) is 30.0 Å². The number of hydrazone groups is 1. The number of carbonyl (C=O) groups excluding carboxylic acids is 2. The molecule has 2 amide bonds. The summed E-state index contributed by atoms with van der Waals surface area (Å²) in [5.41, 5.74) is 3.98. The lowest BCUT2D eigenvalue weighted by molar-refractivity contribution is 0.0951. The number of nitrogens with zero attached hydrogens (tertiary/aromatic N) is 2. The maximum absolute atomic E-state index is 12.0. The van der Waals surface area contributed by atoms with Crippen molar-refractivity contribution >= 4 is 33.6 Å². The van der Waals surface area contributed by atoms with Crippen LogP contribution >= 0.6 is 15.9 Å². The van der Waals surface area contributed by atoms with E-state index < -0.39 is 0 Å². The predicted molar refractivity (Wildman–Crippen MR) is 86.9 cm³/mol. The molecule has 1 aromatic carbocycles. The van der Waals surface area contributed by atoms with Crippen molar-refractivity contribution in [2.45, 2.75) is 19.8 Å². The number of halogens is 1. The number of amides is 2. The quantitative estimate of drug-likeness (QED) is 0.834. The van der Waals surface area contributed by atoms with Gasteiger partial charge in [0.1, 0.15) is 0 Å². The molecule has 0 aliphatic carbocycles. The summed E-state index contributed by atoms with van der Waals surface area (Å²) in [6.07, 6.45) is 0.975. The van der Waals surface area contributed by atoms with Gasteiger partial charge in [-0.15, -0.1) is 0 Å². The van der Waals surface area contributed by atoms with Gasteiger partial charge in [0, 0.05) is 36.1 Å². The van der Waals surface area contributed by atoms with Crippen molar-refractivity contribution in [3.8, 4) is 0 Å². The standard InChI is InChI=1S/C15H18BrN3O3/c1-2-22-15(21)19-9-7-11(8-10-19)17-18-14(20)12-5-3-4-6-13(12)16/h3-6H,2,7-10H2,1H3,(H,18,20). The van der Waals surface area contributed by atoms with Crippen LogP contribution < -0.4 is 5.43 Å². The Hall–Kier alpha value is -1.89. The van der Waals surface area contributed by atoms with Crippen molar-refractivity contribution < 1.29 is 14.3 Å². The van der Waals surface area contributed by atoms with Crippen molar-refractivity contribution in [1.29, 1.82) is 0 Å². The number of piperidine rings is 1. The molecule has 0 atom stereocenters. The smallest absolute Gasteiger partial charge is 0.409 e. The second-order valence-electron chi connectivity index (χ2n) is 4.78. The molecule has 1 aliphatic heterocycles. The van der Waals surface area contributed by atoms with Crippen LogP contribution in [0, 0.1) is 0 Å². The first-order chi connectivity index (χ1) is 10.6. The molecule has 0 radical (unpaired) electrons. The Morgan fingerprint density at radius 3 is 2.64 bits per heavy atom. The van der Waals surface area contributed by atoms with Gasteiger partial charge in [-0.1, -0.05) is 12.1 Å². The van der Waals surface area contributed by atoms with Crippen LogP contribution in [0.25, 0.3) is 0 Å². The van der Waals surface area contributed by atoms with Crippen molar-refractivity contribution in [3.05, 3.63) is 34.3 Å². The number of hydrogen-bond acceptors (Lipinski definition) is 4. The molecule has 0 spiro atoms. The third-order valence-corrected chi connectivity index (χ3v) is 3.99. The number of nitrogens with one attached hydrogen (secondary N) is 1. The highest BCUT2D eigenvalue weighted by atomic mass is 79.9. The molecular weight excluding hydrogens is 350 g/mol. The first-order valence-corrected chi connectivity index (χ1v) is 7.93. The summed E-state index contributed by atoms with van der Waals surface area (Å²) in [5.74, 6) is -0.257. The van der Waals surface area contributed by atoms with Crippen LogP contribution in [-0.2, 0) is 4.74 Å². The van der Waals surface area contributed by atoms with Crippen molar-refractivity contribution in [2.75, 3.05) is 19.7 Å². The monoisotopic (exact) mass is 367 g/mol. The minimum Gasteiger partial charge on any atom is -0.450 e. The molecule has 22 heavy (non-hydrogen) atoms. The summed E-state index contributed by atoms with van der Waals surface area (Å²) < 4.78 is 5.68. The Morgan fingerprint density at radius 2 is 2.00 bits per heavy atom. The van der Waals surface area contributed by atoms with E-state index in [4.69, 9.17) is 4.74 Å². The summed E-state index contributed by atoms with van der Waals surface area (Å²) >= 11 is 3.33. The average Bonchev–Trinajstić information content (AvgIpc) is 2.54. The van der Waals surface area contributed by atoms with Gasteiger partial charge < -0.3 is 9.64 Å². The molecule has 1 fully saturated rings. The number of carbonyl (C=O) groups is 2. The second kappa shape index (κ2) is 7.93. The molecule has 1 N–H and O–H groups in total. The first-order valence-electron chi connectivity index (χ1n) is 7.13. The Balaban J connectivity index is 1.87. The molecule has 1 aromatic rings. The normalized spacial score (nSPS) is 14.5. The summed E-state index contributed by atoms with van der Waals surface area (Å²) in [6.45, 7) is 3.27. The predicted octanol–water partition coefficient (Wildman–Crippen LogP) is 2.79. The SMILES string of the molecule is CCOC(=O)N1CCC(=NNC(=O)c2ccccc2Br)CC1. The van der Waals surface area contributed by atoms with Crippen molar-refractivity contribution in [3.63, 3.8) is 0 Å². The summed E-state index contributed by atoms with van der Waals surface area (Å²) in [7, 11) is 0. The fourth-order valence-corrected chi connectivity index (χ4v) is 2.57. The molecule has 0 saturated carbocycles. The molecule has 0 bridgehead atoms. The van der Waals surface area contributed by atoms with E-state index in [9.17, 15) is 9.59 Å². The summed E-state index contributed by atoms with van der Waals surface area (Å²) in [6, 6.07) is 7.17.